The van der Waals surface area contributed by atoms with Crippen LogP contribution >= 0.6 is 0 Å². The van der Waals surface area contributed by atoms with Gasteiger partial charge in [0.25, 0.3) is 0 Å². The van der Waals surface area contributed by atoms with Gasteiger partial charge in [-0.3, -0.25) is 9.59 Å². The predicted octanol–water partition coefficient (Wildman–Crippen LogP) is 6.31. The quantitative estimate of drug-likeness (QED) is 0.204. The molecule has 0 heterocycles. The molecule has 1 rings (SSSR count). The zero-order valence-corrected chi connectivity index (χ0v) is 18.9. The molecule has 4 heteroatoms. The molecule has 1 aromatic rings. The number of hydrogen-bond donors (Lipinski definition) is 0. The standard InChI is InChI=1S/C23H36O3Si/c1-19(27(5,6)23(2,3)4)12-10-16-21(24)18-22(25)26-17-11-15-20-13-8-7-9-14-20/h7-9,11,13-14,17,19H,10,12,15-16,18H2,1-6H3. The molecule has 0 bridgehead atoms. The summed E-state index contributed by atoms with van der Waals surface area (Å²) in [6.07, 6.45) is 6.11. The molecule has 1 atom stereocenters. The van der Waals surface area contributed by atoms with Crippen LogP contribution in [0.4, 0.5) is 0 Å². The maximum atomic E-state index is 12.0. The van der Waals surface area contributed by atoms with E-state index in [1.54, 1.807) is 6.08 Å². The van der Waals surface area contributed by atoms with Crippen LogP contribution in [0.5, 0.6) is 0 Å². The zero-order valence-electron chi connectivity index (χ0n) is 17.9. The van der Waals surface area contributed by atoms with Crippen molar-refractivity contribution >= 4 is 19.8 Å². The lowest BCUT2D eigenvalue weighted by Gasteiger charge is -2.42. The number of benzene rings is 1. The topological polar surface area (TPSA) is 43.4 Å². The van der Waals surface area contributed by atoms with Crippen LogP contribution in [0, 0.1) is 0 Å². The van der Waals surface area contributed by atoms with E-state index in [4.69, 9.17) is 4.74 Å². The van der Waals surface area contributed by atoms with E-state index >= 15 is 0 Å². The second-order valence-corrected chi connectivity index (χ2v) is 15.0. The van der Waals surface area contributed by atoms with E-state index in [1.165, 1.54) is 6.26 Å². The number of esters is 1. The second kappa shape index (κ2) is 10.6. The molecule has 0 aromatic heterocycles. The highest BCUT2D eigenvalue weighted by Crippen LogP contribution is 2.45. The fourth-order valence-electron chi connectivity index (χ4n) is 2.92. The molecular weight excluding hydrogens is 352 g/mol. The Balaban J connectivity index is 2.27. The Morgan fingerprint density at radius 1 is 1.15 bits per heavy atom. The molecule has 0 spiro atoms. The summed E-state index contributed by atoms with van der Waals surface area (Å²) in [6, 6.07) is 9.94. The molecule has 0 saturated heterocycles. The number of carbonyl (C=O) groups is 2. The van der Waals surface area contributed by atoms with Gasteiger partial charge >= 0.3 is 5.97 Å². The molecule has 0 aliphatic heterocycles. The van der Waals surface area contributed by atoms with E-state index in [2.05, 4.69) is 40.8 Å². The Labute approximate surface area is 166 Å². The Kier molecular flexibility index (Phi) is 9.17. The van der Waals surface area contributed by atoms with E-state index in [1.807, 2.05) is 30.3 Å². The van der Waals surface area contributed by atoms with Gasteiger partial charge in [-0.05, 0) is 35.1 Å². The number of allylic oxidation sites excluding steroid dienone is 1. The average molecular weight is 389 g/mol. The SMILES string of the molecule is CC(CCCC(=O)CC(=O)OC=CCc1ccccc1)[Si](C)(C)C(C)(C)C. The maximum absolute atomic E-state index is 12.0. The van der Waals surface area contributed by atoms with E-state index in [0.29, 0.717) is 23.4 Å². The highest BCUT2D eigenvalue weighted by Gasteiger charge is 2.39. The highest BCUT2D eigenvalue weighted by atomic mass is 28.3. The summed E-state index contributed by atoms with van der Waals surface area (Å²) in [4.78, 5) is 23.8. The lowest BCUT2D eigenvalue weighted by Crippen LogP contribution is -2.41. The number of ketones is 1. The summed E-state index contributed by atoms with van der Waals surface area (Å²) in [7, 11) is -1.37. The fourth-order valence-corrected chi connectivity index (χ4v) is 5.32. The molecule has 0 saturated carbocycles. The number of rotatable bonds is 10. The molecule has 0 aliphatic rings. The Morgan fingerprint density at radius 3 is 2.37 bits per heavy atom. The molecule has 0 N–H and O–H groups in total. The lowest BCUT2D eigenvalue weighted by molar-refractivity contribution is -0.141. The van der Waals surface area contributed by atoms with Crippen molar-refractivity contribution in [2.45, 2.75) is 83.5 Å². The first-order valence-electron chi connectivity index (χ1n) is 9.94. The molecule has 3 nitrogen and oxygen atoms in total. The fraction of sp³-hybridized carbons (Fsp3) is 0.565. The Bertz CT molecular complexity index is 627. The van der Waals surface area contributed by atoms with E-state index in [0.717, 1.165) is 18.4 Å². The first kappa shape index (κ1) is 23.4. The first-order chi connectivity index (χ1) is 12.5. The van der Waals surface area contributed by atoms with Gasteiger partial charge in [-0.1, -0.05) is 77.5 Å². The van der Waals surface area contributed by atoms with E-state index < -0.39 is 14.0 Å². The second-order valence-electron chi connectivity index (χ2n) is 9.03. The third-order valence-corrected chi connectivity index (χ3v) is 12.7. The molecule has 0 aliphatic carbocycles. The highest BCUT2D eigenvalue weighted by molar-refractivity contribution is 6.81. The van der Waals surface area contributed by atoms with Gasteiger partial charge in [0.05, 0.1) is 14.3 Å². The molecule has 27 heavy (non-hydrogen) atoms. The molecule has 0 radical (unpaired) electrons. The number of hydrogen-bond acceptors (Lipinski definition) is 3. The summed E-state index contributed by atoms with van der Waals surface area (Å²) in [6.45, 7) is 14.1. The molecule has 0 amide bonds. The lowest BCUT2D eigenvalue weighted by atomic mass is 10.1. The van der Waals surface area contributed by atoms with Gasteiger partial charge in [-0.25, -0.2) is 0 Å². The van der Waals surface area contributed by atoms with Gasteiger partial charge in [0.15, 0.2) is 0 Å². The minimum Gasteiger partial charge on any atom is -0.434 e. The Morgan fingerprint density at radius 2 is 1.78 bits per heavy atom. The van der Waals surface area contributed by atoms with Crippen molar-refractivity contribution in [2.24, 2.45) is 0 Å². The van der Waals surface area contributed by atoms with Gasteiger partial charge in [0.1, 0.15) is 12.2 Å². The van der Waals surface area contributed by atoms with Gasteiger partial charge in [0, 0.05) is 6.42 Å². The van der Waals surface area contributed by atoms with Gasteiger partial charge in [-0.15, -0.1) is 0 Å². The molecule has 150 valence electrons. The van der Waals surface area contributed by atoms with Crippen LogP contribution in [0.3, 0.4) is 0 Å². The van der Waals surface area contributed by atoms with Crippen LogP contribution in [0.15, 0.2) is 42.7 Å². The van der Waals surface area contributed by atoms with E-state index in [9.17, 15) is 9.59 Å². The van der Waals surface area contributed by atoms with Crippen molar-refractivity contribution in [2.75, 3.05) is 0 Å². The van der Waals surface area contributed by atoms with Gasteiger partial charge in [-0.2, -0.15) is 0 Å². The van der Waals surface area contributed by atoms with Gasteiger partial charge in [0.2, 0.25) is 0 Å². The average Bonchev–Trinajstić information content (AvgIpc) is 2.58. The monoisotopic (exact) mass is 388 g/mol. The smallest absolute Gasteiger partial charge is 0.318 e. The summed E-state index contributed by atoms with van der Waals surface area (Å²) in [5.41, 5.74) is 1.80. The largest absolute Gasteiger partial charge is 0.434 e. The van der Waals surface area contributed by atoms with Crippen molar-refractivity contribution in [1.29, 1.82) is 0 Å². The van der Waals surface area contributed by atoms with Crippen LogP contribution in [0.2, 0.25) is 23.7 Å². The van der Waals surface area contributed by atoms with Crippen molar-refractivity contribution < 1.29 is 14.3 Å². The van der Waals surface area contributed by atoms with E-state index in [-0.39, 0.29) is 12.2 Å². The molecule has 1 aromatic carbocycles. The summed E-state index contributed by atoms with van der Waals surface area (Å²) < 4.78 is 5.03. The van der Waals surface area contributed by atoms with Crippen LogP contribution in [0.1, 0.15) is 58.9 Å². The van der Waals surface area contributed by atoms with Crippen LogP contribution in [0.25, 0.3) is 0 Å². The van der Waals surface area contributed by atoms with Crippen molar-refractivity contribution in [1.82, 2.24) is 0 Å². The zero-order chi connectivity index (χ0) is 20.5. The first-order valence-corrected chi connectivity index (χ1v) is 13.0. The molecular formula is C23H36O3Si. The predicted molar refractivity (Wildman–Crippen MR) is 115 cm³/mol. The number of carbonyl (C=O) groups excluding carboxylic acids is 2. The minimum atomic E-state index is -1.37. The van der Waals surface area contributed by atoms with Crippen LogP contribution < -0.4 is 0 Å². The minimum absolute atomic E-state index is 0.0288. The normalized spacial score (nSPS) is 13.6. The van der Waals surface area contributed by atoms with Crippen LogP contribution in [-0.2, 0) is 20.7 Å². The van der Waals surface area contributed by atoms with Crippen molar-refractivity contribution in [3.63, 3.8) is 0 Å². The molecule has 0 fully saturated rings. The maximum Gasteiger partial charge on any atom is 0.318 e. The summed E-state index contributed by atoms with van der Waals surface area (Å²) in [5, 5.41) is 0.353. The number of Topliss-reactive ketones (excluding diaryl/α,β-unsaturated/α-hetero) is 1. The third-order valence-electron chi connectivity index (χ3n) is 6.09. The summed E-state index contributed by atoms with van der Waals surface area (Å²) >= 11 is 0. The Hall–Kier alpha value is -1.68. The third kappa shape index (κ3) is 8.25. The number of ether oxygens (including phenoxy) is 1. The van der Waals surface area contributed by atoms with Crippen molar-refractivity contribution in [3.05, 3.63) is 48.2 Å². The molecule has 1 unspecified atom stereocenters. The van der Waals surface area contributed by atoms with Crippen LogP contribution in [-0.4, -0.2) is 19.8 Å². The van der Waals surface area contributed by atoms with Crippen molar-refractivity contribution in [3.8, 4) is 0 Å². The summed E-state index contributed by atoms with van der Waals surface area (Å²) in [5.74, 6) is -0.499. The van der Waals surface area contributed by atoms with Gasteiger partial charge < -0.3 is 4.74 Å².